The van der Waals surface area contributed by atoms with Crippen LogP contribution in [0.25, 0.3) is 11.0 Å². The van der Waals surface area contributed by atoms with E-state index in [4.69, 9.17) is 9.97 Å². The number of hydrogen-bond acceptors (Lipinski definition) is 4. The molecule has 2 heterocycles. The molecular weight excluding hydrogens is 316 g/mol. The van der Waals surface area contributed by atoms with Crippen LogP contribution in [-0.4, -0.2) is 14.5 Å². The van der Waals surface area contributed by atoms with Gasteiger partial charge in [-0.2, -0.15) is 0 Å². The molecule has 2 aromatic heterocycles. The number of rotatable bonds is 5. The molecule has 0 bridgehead atoms. The zero-order valence-electron chi connectivity index (χ0n) is 15.1. The number of benzene rings is 1. The number of para-hydroxylation sites is 2. The van der Waals surface area contributed by atoms with Crippen LogP contribution in [0, 0.1) is 0 Å². The molecule has 5 heteroatoms. The second kappa shape index (κ2) is 6.65. The summed E-state index contributed by atoms with van der Waals surface area (Å²) in [5.41, 5.74) is 3.49. The van der Waals surface area contributed by atoms with E-state index >= 15 is 0 Å². The highest BCUT2D eigenvalue weighted by Gasteiger charge is 2.19. The Labute approximate surface area is 148 Å². The minimum atomic E-state index is 0.116. The molecule has 1 N–H and O–H groups in total. The van der Waals surface area contributed by atoms with Gasteiger partial charge in [0.25, 0.3) is 0 Å². The van der Waals surface area contributed by atoms with Crippen molar-refractivity contribution in [3.8, 4) is 0 Å². The summed E-state index contributed by atoms with van der Waals surface area (Å²) in [4.78, 5) is 9.58. The SMILES string of the molecule is CCn1c(C(C)NCc2csc(C(C)(C)C)n2)nc2ccccc21. The molecule has 4 nitrogen and oxygen atoms in total. The Balaban J connectivity index is 1.76. The predicted molar refractivity (Wildman–Crippen MR) is 101 cm³/mol. The molecule has 0 fully saturated rings. The quantitative estimate of drug-likeness (QED) is 0.733. The fraction of sp³-hybridized carbons (Fsp3) is 0.474. The van der Waals surface area contributed by atoms with Gasteiger partial charge >= 0.3 is 0 Å². The normalized spacial score (nSPS) is 13.5. The van der Waals surface area contributed by atoms with Crippen molar-refractivity contribution in [1.29, 1.82) is 0 Å². The Morgan fingerprint density at radius 2 is 1.96 bits per heavy atom. The lowest BCUT2D eigenvalue weighted by Crippen LogP contribution is -2.22. The molecule has 0 amide bonds. The molecule has 1 unspecified atom stereocenters. The molecule has 0 spiro atoms. The van der Waals surface area contributed by atoms with Crippen molar-refractivity contribution in [2.24, 2.45) is 0 Å². The maximum absolute atomic E-state index is 4.82. The fourth-order valence-electron chi connectivity index (χ4n) is 2.84. The highest BCUT2D eigenvalue weighted by atomic mass is 32.1. The number of nitrogens with one attached hydrogen (secondary N) is 1. The van der Waals surface area contributed by atoms with E-state index in [0.29, 0.717) is 0 Å². The summed E-state index contributed by atoms with van der Waals surface area (Å²) < 4.78 is 2.29. The van der Waals surface area contributed by atoms with E-state index in [1.165, 1.54) is 10.5 Å². The maximum Gasteiger partial charge on any atom is 0.126 e. The average molecular weight is 343 g/mol. The van der Waals surface area contributed by atoms with E-state index in [-0.39, 0.29) is 11.5 Å². The van der Waals surface area contributed by atoms with Gasteiger partial charge in [0, 0.05) is 23.9 Å². The summed E-state index contributed by atoms with van der Waals surface area (Å²) in [5.74, 6) is 1.09. The van der Waals surface area contributed by atoms with Crippen LogP contribution in [0.15, 0.2) is 29.6 Å². The standard InChI is InChI=1S/C19H26N4S/c1-6-23-16-10-8-7-9-15(16)22-17(23)13(2)20-11-14-12-24-18(21-14)19(3,4)5/h7-10,12-13,20H,6,11H2,1-5H3. The molecule has 24 heavy (non-hydrogen) atoms. The molecule has 0 aliphatic carbocycles. The van der Waals surface area contributed by atoms with Gasteiger partial charge in [-0.15, -0.1) is 11.3 Å². The third-order valence-corrected chi connectivity index (χ3v) is 5.49. The lowest BCUT2D eigenvalue weighted by Gasteiger charge is -2.15. The molecule has 3 aromatic rings. The van der Waals surface area contributed by atoms with Crippen molar-refractivity contribution in [2.45, 2.75) is 59.2 Å². The third kappa shape index (κ3) is 3.37. The summed E-state index contributed by atoms with van der Waals surface area (Å²) >= 11 is 1.74. The minimum Gasteiger partial charge on any atom is -0.327 e. The molecule has 128 valence electrons. The number of thiazole rings is 1. The summed E-state index contributed by atoms with van der Waals surface area (Å²) in [6.45, 7) is 12.6. The van der Waals surface area contributed by atoms with E-state index in [2.05, 4.69) is 68.1 Å². The van der Waals surface area contributed by atoms with Crippen LogP contribution in [-0.2, 0) is 18.5 Å². The molecule has 0 saturated heterocycles. The van der Waals surface area contributed by atoms with Crippen LogP contribution < -0.4 is 5.32 Å². The predicted octanol–water partition coefficient (Wildman–Crippen LogP) is 4.66. The Bertz CT molecular complexity index is 825. The molecular formula is C19H26N4S. The molecule has 1 atom stereocenters. The van der Waals surface area contributed by atoms with Gasteiger partial charge in [-0.3, -0.25) is 0 Å². The van der Waals surface area contributed by atoms with Gasteiger partial charge in [0.15, 0.2) is 0 Å². The van der Waals surface area contributed by atoms with E-state index in [9.17, 15) is 0 Å². The molecule has 0 radical (unpaired) electrons. The highest BCUT2D eigenvalue weighted by molar-refractivity contribution is 7.09. The molecule has 1 aromatic carbocycles. The smallest absolute Gasteiger partial charge is 0.126 e. The maximum atomic E-state index is 4.82. The molecule has 0 aliphatic heterocycles. The van der Waals surface area contributed by atoms with Crippen LogP contribution in [0.4, 0.5) is 0 Å². The number of aryl methyl sites for hydroxylation is 1. The lowest BCUT2D eigenvalue weighted by atomic mass is 9.98. The number of aromatic nitrogens is 3. The zero-order chi connectivity index (χ0) is 17.3. The van der Waals surface area contributed by atoms with Crippen molar-refractivity contribution in [1.82, 2.24) is 19.9 Å². The van der Waals surface area contributed by atoms with Crippen LogP contribution in [0.5, 0.6) is 0 Å². The van der Waals surface area contributed by atoms with Gasteiger partial charge < -0.3 is 9.88 Å². The minimum absolute atomic E-state index is 0.116. The van der Waals surface area contributed by atoms with Gasteiger partial charge in [-0.1, -0.05) is 32.9 Å². The van der Waals surface area contributed by atoms with Gasteiger partial charge in [0.2, 0.25) is 0 Å². The van der Waals surface area contributed by atoms with E-state index in [0.717, 1.165) is 30.1 Å². The first-order chi connectivity index (χ1) is 11.4. The second-order valence-corrected chi connectivity index (χ2v) is 8.06. The van der Waals surface area contributed by atoms with Crippen LogP contribution in [0.3, 0.4) is 0 Å². The molecule has 0 saturated carbocycles. The van der Waals surface area contributed by atoms with Crippen molar-refractivity contribution in [3.05, 3.63) is 46.2 Å². The first kappa shape index (κ1) is 17.1. The van der Waals surface area contributed by atoms with Crippen molar-refractivity contribution < 1.29 is 0 Å². The summed E-state index contributed by atoms with van der Waals surface area (Å²) in [7, 11) is 0. The highest BCUT2D eigenvalue weighted by Crippen LogP contribution is 2.26. The number of imidazole rings is 1. The fourth-order valence-corrected chi connectivity index (χ4v) is 3.75. The first-order valence-corrected chi connectivity index (χ1v) is 9.41. The van der Waals surface area contributed by atoms with E-state index < -0.39 is 0 Å². The Hall–Kier alpha value is -1.72. The second-order valence-electron chi connectivity index (χ2n) is 7.20. The van der Waals surface area contributed by atoms with Gasteiger partial charge in [-0.25, -0.2) is 9.97 Å². The van der Waals surface area contributed by atoms with Gasteiger partial charge in [0.1, 0.15) is 5.82 Å². The van der Waals surface area contributed by atoms with Crippen molar-refractivity contribution in [3.63, 3.8) is 0 Å². The number of fused-ring (bicyclic) bond motifs is 1. The molecule has 3 rings (SSSR count). The van der Waals surface area contributed by atoms with E-state index in [1.54, 1.807) is 11.3 Å². The molecule has 0 aliphatic rings. The van der Waals surface area contributed by atoms with Crippen LogP contribution in [0.2, 0.25) is 0 Å². The Morgan fingerprint density at radius 3 is 2.62 bits per heavy atom. The summed E-state index contributed by atoms with van der Waals surface area (Å²) in [5, 5.41) is 6.92. The van der Waals surface area contributed by atoms with Crippen molar-refractivity contribution in [2.75, 3.05) is 0 Å². The Kier molecular flexibility index (Phi) is 4.74. The summed E-state index contributed by atoms with van der Waals surface area (Å²) in [6, 6.07) is 8.50. The van der Waals surface area contributed by atoms with Gasteiger partial charge in [-0.05, 0) is 26.0 Å². The Morgan fingerprint density at radius 1 is 1.21 bits per heavy atom. The third-order valence-electron chi connectivity index (χ3n) is 4.17. The summed E-state index contributed by atoms with van der Waals surface area (Å²) in [6.07, 6.45) is 0. The number of hydrogen-bond donors (Lipinski definition) is 1. The van der Waals surface area contributed by atoms with E-state index in [1.807, 2.05) is 6.07 Å². The average Bonchev–Trinajstić information content (AvgIpc) is 3.16. The number of nitrogens with zero attached hydrogens (tertiary/aromatic N) is 3. The monoisotopic (exact) mass is 342 g/mol. The zero-order valence-corrected chi connectivity index (χ0v) is 15.9. The van der Waals surface area contributed by atoms with Crippen LogP contribution >= 0.6 is 11.3 Å². The van der Waals surface area contributed by atoms with Crippen molar-refractivity contribution >= 4 is 22.4 Å². The first-order valence-electron chi connectivity index (χ1n) is 8.53. The largest absolute Gasteiger partial charge is 0.327 e. The lowest BCUT2D eigenvalue weighted by molar-refractivity contribution is 0.515. The van der Waals surface area contributed by atoms with Crippen LogP contribution in [0.1, 0.15) is 57.2 Å². The topological polar surface area (TPSA) is 42.7 Å². The van der Waals surface area contributed by atoms with Gasteiger partial charge in [0.05, 0.1) is 27.8 Å².